The van der Waals surface area contributed by atoms with Crippen LogP contribution in [0.1, 0.15) is 35.2 Å². The van der Waals surface area contributed by atoms with Gasteiger partial charge in [-0.1, -0.05) is 35.5 Å². The summed E-state index contributed by atoms with van der Waals surface area (Å²) >= 11 is 7.72. The number of carbonyl (C=O) groups excluding carboxylic acids is 1. The molecule has 6 nitrogen and oxygen atoms in total. The average Bonchev–Trinajstić information content (AvgIpc) is 3.24. The minimum atomic E-state index is -0.0710. The van der Waals surface area contributed by atoms with Crippen molar-refractivity contribution in [1.82, 2.24) is 15.3 Å². The molecule has 8 heteroatoms. The van der Waals surface area contributed by atoms with Gasteiger partial charge in [-0.15, -0.1) is 0 Å². The van der Waals surface area contributed by atoms with Crippen molar-refractivity contribution in [2.45, 2.75) is 30.2 Å². The molecule has 0 radical (unpaired) electrons. The van der Waals surface area contributed by atoms with Crippen LogP contribution in [0.5, 0.6) is 0 Å². The Labute approximate surface area is 175 Å². The fourth-order valence-electron chi connectivity index (χ4n) is 3.03. The first-order chi connectivity index (χ1) is 13.7. The molecular formula is C20H25ClN4O2S. The van der Waals surface area contributed by atoms with Crippen LogP contribution in [-0.2, 0) is 10.5 Å². The van der Waals surface area contributed by atoms with E-state index in [4.69, 9.17) is 16.3 Å². The lowest BCUT2D eigenvalue weighted by molar-refractivity contribution is 0.0948. The van der Waals surface area contributed by atoms with Crippen LogP contribution in [0.4, 0.5) is 5.82 Å². The Morgan fingerprint density at radius 1 is 1.29 bits per heavy atom. The van der Waals surface area contributed by atoms with Crippen LogP contribution in [0.2, 0.25) is 5.15 Å². The largest absolute Gasteiger partial charge is 0.385 e. The zero-order valence-electron chi connectivity index (χ0n) is 16.0. The minimum absolute atomic E-state index is 0.0710. The van der Waals surface area contributed by atoms with Crippen LogP contribution in [0, 0.1) is 0 Å². The SMILES string of the molecule is COCCCNC(=O)c1cccc(CSc2nc(Cl)cc(N3CCCC3)n2)c1. The molecule has 1 amide bonds. The predicted octanol–water partition coefficient (Wildman–Crippen LogP) is 3.79. The van der Waals surface area contributed by atoms with E-state index in [9.17, 15) is 4.79 Å². The number of hydrogen-bond donors (Lipinski definition) is 1. The van der Waals surface area contributed by atoms with Gasteiger partial charge in [0.15, 0.2) is 5.16 Å². The zero-order valence-corrected chi connectivity index (χ0v) is 17.6. The average molecular weight is 421 g/mol. The first-order valence-corrected chi connectivity index (χ1v) is 10.8. The first kappa shape index (κ1) is 20.9. The second-order valence-electron chi connectivity index (χ2n) is 6.62. The first-order valence-electron chi connectivity index (χ1n) is 9.44. The van der Waals surface area contributed by atoms with Crippen LogP contribution in [0.3, 0.4) is 0 Å². The summed E-state index contributed by atoms with van der Waals surface area (Å²) in [4.78, 5) is 23.5. The van der Waals surface area contributed by atoms with Gasteiger partial charge in [0, 0.05) is 50.7 Å². The van der Waals surface area contributed by atoms with Crippen molar-refractivity contribution in [3.05, 3.63) is 46.6 Å². The molecule has 1 N–H and O–H groups in total. The molecule has 0 atom stereocenters. The highest BCUT2D eigenvalue weighted by molar-refractivity contribution is 7.98. The number of aromatic nitrogens is 2. The van der Waals surface area contributed by atoms with Gasteiger partial charge < -0.3 is 15.0 Å². The van der Waals surface area contributed by atoms with Crippen molar-refractivity contribution >= 4 is 35.1 Å². The van der Waals surface area contributed by atoms with Gasteiger partial charge in [0.05, 0.1) is 0 Å². The maximum absolute atomic E-state index is 12.3. The number of amides is 1. The second kappa shape index (κ2) is 10.6. The summed E-state index contributed by atoms with van der Waals surface area (Å²) < 4.78 is 4.99. The Morgan fingerprint density at radius 2 is 2.11 bits per heavy atom. The number of nitrogens with one attached hydrogen (secondary N) is 1. The van der Waals surface area contributed by atoms with Crippen molar-refractivity contribution in [1.29, 1.82) is 0 Å². The molecule has 1 aliphatic rings. The number of methoxy groups -OCH3 is 1. The van der Waals surface area contributed by atoms with E-state index in [1.165, 1.54) is 24.6 Å². The molecule has 1 aromatic carbocycles. The maximum Gasteiger partial charge on any atom is 0.251 e. The lowest BCUT2D eigenvalue weighted by Crippen LogP contribution is -2.25. The van der Waals surface area contributed by atoms with Crippen LogP contribution >= 0.6 is 23.4 Å². The summed E-state index contributed by atoms with van der Waals surface area (Å²) in [7, 11) is 1.65. The Bertz CT molecular complexity index is 800. The molecule has 150 valence electrons. The van der Waals surface area contributed by atoms with Crippen LogP contribution < -0.4 is 10.2 Å². The molecular weight excluding hydrogens is 396 g/mol. The molecule has 28 heavy (non-hydrogen) atoms. The molecule has 1 saturated heterocycles. The third-order valence-corrected chi connectivity index (χ3v) is 5.57. The predicted molar refractivity (Wildman–Crippen MR) is 113 cm³/mol. The Hall–Kier alpha value is -1.83. The number of benzene rings is 1. The second-order valence-corrected chi connectivity index (χ2v) is 7.95. The zero-order chi connectivity index (χ0) is 19.8. The topological polar surface area (TPSA) is 67.3 Å². The molecule has 3 rings (SSSR count). The lowest BCUT2D eigenvalue weighted by Gasteiger charge is -2.16. The monoisotopic (exact) mass is 420 g/mol. The molecule has 0 spiro atoms. The third-order valence-electron chi connectivity index (χ3n) is 4.46. The van der Waals surface area contributed by atoms with Gasteiger partial charge in [0.1, 0.15) is 11.0 Å². The van der Waals surface area contributed by atoms with E-state index in [0.717, 1.165) is 30.9 Å². The molecule has 0 unspecified atom stereocenters. The van der Waals surface area contributed by atoms with Crippen LogP contribution in [0.15, 0.2) is 35.5 Å². The van der Waals surface area contributed by atoms with Crippen molar-refractivity contribution in [2.24, 2.45) is 0 Å². The van der Waals surface area contributed by atoms with Gasteiger partial charge in [0.25, 0.3) is 5.91 Å². The molecule has 1 aromatic heterocycles. The number of thioether (sulfide) groups is 1. The highest BCUT2D eigenvalue weighted by Crippen LogP contribution is 2.26. The third kappa shape index (κ3) is 6.09. The van der Waals surface area contributed by atoms with Gasteiger partial charge in [-0.05, 0) is 37.0 Å². The van der Waals surface area contributed by atoms with Crippen molar-refractivity contribution in [2.75, 3.05) is 38.3 Å². The molecule has 0 aliphatic carbocycles. The van der Waals surface area contributed by atoms with Gasteiger partial charge in [-0.3, -0.25) is 4.79 Å². The number of rotatable bonds is 9. The summed E-state index contributed by atoms with van der Waals surface area (Å²) in [5.41, 5.74) is 1.70. The van der Waals surface area contributed by atoms with Gasteiger partial charge in [-0.2, -0.15) is 0 Å². The summed E-state index contributed by atoms with van der Waals surface area (Å²) in [5, 5.41) is 4.03. The normalized spacial score (nSPS) is 13.7. The summed E-state index contributed by atoms with van der Waals surface area (Å²) in [6.45, 7) is 3.26. The molecule has 2 heterocycles. The quantitative estimate of drug-likeness (QED) is 0.288. The number of nitrogens with zero attached hydrogens (tertiary/aromatic N) is 3. The number of hydrogen-bond acceptors (Lipinski definition) is 6. The Balaban J connectivity index is 1.59. The molecule has 1 aliphatic heterocycles. The van der Waals surface area contributed by atoms with E-state index in [1.807, 2.05) is 30.3 Å². The number of ether oxygens (including phenoxy) is 1. The van der Waals surface area contributed by atoms with E-state index in [1.54, 1.807) is 7.11 Å². The molecule has 0 saturated carbocycles. The van der Waals surface area contributed by atoms with Gasteiger partial charge in [0.2, 0.25) is 0 Å². The Kier molecular flexibility index (Phi) is 7.94. The highest BCUT2D eigenvalue weighted by atomic mass is 35.5. The Morgan fingerprint density at radius 3 is 2.89 bits per heavy atom. The maximum atomic E-state index is 12.3. The van der Waals surface area contributed by atoms with Crippen molar-refractivity contribution in [3.63, 3.8) is 0 Å². The highest BCUT2D eigenvalue weighted by Gasteiger charge is 2.16. The van der Waals surface area contributed by atoms with Crippen LogP contribution in [-0.4, -0.2) is 49.2 Å². The minimum Gasteiger partial charge on any atom is -0.385 e. The standard InChI is InChI=1S/C20H25ClN4O2S/c1-27-11-5-8-22-19(26)16-7-4-6-15(12-16)14-28-20-23-17(21)13-18(24-20)25-9-2-3-10-25/h4,6-7,12-13H,2-3,5,8-11,14H2,1H3,(H,22,26). The van der Waals surface area contributed by atoms with E-state index in [2.05, 4.69) is 20.2 Å². The van der Waals surface area contributed by atoms with Crippen molar-refractivity contribution < 1.29 is 9.53 Å². The fraction of sp³-hybridized carbons (Fsp3) is 0.450. The molecule has 1 fully saturated rings. The molecule has 0 bridgehead atoms. The van der Waals surface area contributed by atoms with Crippen LogP contribution in [0.25, 0.3) is 0 Å². The van der Waals surface area contributed by atoms with E-state index in [-0.39, 0.29) is 5.91 Å². The number of carbonyl (C=O) groups is 1. The van der Waals surface area contributed by atoms with Gasteiger partial charge >= 0.3 is 0 Å². The van der Waals surface area contributed by atoms with Gasteiger partial charge in [-0.25, -0.2) is 9.97 Å². The fourth-order valence-corrected chi connectivity index (χ4v) is 4.05. The van der Waals surface area contributed by atoms with E-state index in [0.29, 0.717) is 34.8 Å². The number of anilines is 1. The lowest BCUT2D eigenvalue weighted by atomic mass is 10.1. The van der Waals surface area contributed by atoms with Crippen molar-refractivity contribution in [3.8, 4) is 0 Å². The smallest absolute Gasteiger partial charge is 0.251 e. The van der Waals surface area contributed by atoms with E-state index < -0.39 is 0 Å². The van der Waals surface area contributed by atoms with E-state index >= 15 is 0 Å². The summed E-state index contributed by atoms with van der Waals surface area (Å²) in [6, 6.07) is 9.45. The number of halogens is 1. The summed E-state index contributed by atoms with van der Waals surface area (Å²) in [5.74, 6) is 1.49. The summed E-state index contributed by atoms with van der Waals surface area (Å²) in [6.07, 6.45) is 3.16. The molecule has 2 aromatic rings.